The van der Waals surface area contributed by atoms with Gasteiger partial charge in [0.05, 0.1) is 0 Å². The SMILES string of the molecule is Nc1ccc(C(=O)c2cccc(F)c2)cc1. The first-order valence-corrected chi connectivity index (χ1v) is 4.82. The van der Waals surface area contributed by atoms with Gasteiger partial charge in [-0.15, -0.1) is 0 Å². The van der Waals surface area contributed by atoms with E-state index in [1.165, 1.54) is 18.2 Å². The average Bonchev–Trinajstić information content (AvgIpc) is 2.29. The van der Waals surface area contributed by atoms with E-state index in [0.717, 1.165) is 0 Å². The average molecular weight is 215 g/mol. The molecule has 0 bridgehead atoms. The standard InChI is InChI=1S/C13H10FNO/c14-11-3-1-2-10(8-11)13(16)9-4-6-12(15)7-5-9/h1-8H,15H2. The van der Waals surface area contributed by atoms with E-state index in [9.17, 15) is 9.18 Å². The van der Waals surface area contributed by atoms with Gasteiger partial charge < -0.3 is 5.73 Å². The molecule has 2 N–H and O–H groups in total. The van der Waals surface area contributed by atoms with Crippen LogP contribution in [-0.2, 0) is 0 Å². The van der Waals surface area contributed by atoms with Crippen LogP contribution in [0.3, 0.4) is 0 Å². The Morgan fingerprint density at radius 3 is 2.31 bits per heavy atom. The molecule has 2 nitrogen and oxygen atoms in total. The molecule has 0 aliphatic carbocycles. The third-order valence-electron chi connectivity index (χ3n) is 2.26. The lowest BCUT2D eigenvalue weighted by Crippen LogP contribution is -2.01. The fourth-order valence-corrected chi connectivity index (χ4v) is 1.43. The second-order valence-corrected chi connectivity index (χ2v) is 3.46. The zero-order chi connectivity index (χ0) is 11.5. The molecule has 2 aromatic rings. The van der Waals surface area contributed by atoms with E-state index in [4.69, 9.17) is 5.73 Å². The molecule has 0 radical (unpaired) electrons. The zero-order valence-electron chi connectivity index (χ0n) is 8.48. The Kier molecular flexibility index (Phi) is 2.68. The summed E-state index contributed by atoms with van der Waals surface area (Å²) in [4.78, 5) is 11.9. The van der Waals surface area contributed by atoms with E-state index in [1.807, 2.05) is 0 Å². The lowest BCUT2D eigenvalue weighted by molar-refractivity contribution is 0.103. The molecule has 0 saturated heterocycles. The fraction of sp³-hybridized carbons (Fsp3) is 0. The number of nitrogens with two attached hydrogens (primary N) is 1. The number of benzene rings is 2. The van der Waals surface area contributed by atoms with Crippen molar-refractivity contribution in [2.24, 2.45) is 0 Å². The van der Waals surface area contributed by atoms with Crippen LogP contribution in [0.2, 0.25) is 0 Å². The first-order valence-electron chi connectivity index (χ1n) is 4.82. The van der Waals surface area contributed by atoms with Gasteiger partial charge in [0, 0.05) is 16.8 Å². The Balaban J connectivity index is 2.35. The van der Waals surface area contributed by atoms with Crippen molar-refractivity contribution in [3.63, 3.8) is 0 Å². The van der Waals surface area contributed by atoms with Gasteiger partial charge in [0.15, 0.2) is 5.78 Å². The maximum atomic E-state index is 12.9. The van der Waals surface area contributed by atoms with Gasteiger partial charge in [0.1, 0.15) is 5.82 Å². The van der Waals surface area contributed by atoms with Crippen molar-refractivity contribution in [3.05, 3.63) is 65.5 Å². The number of halogens is 1. The van der Waals surface area contributed by atoms with Crippen LogP contribution in [0.15, 0.2) is 48.5 Å². The lowest BCUT2D eigenvalue weighted by Gasteiger charge is -2.01. The van der Waals surface area contributed by atoms with Crippen molar-refractivity contribution in [2.75, 3.05) is 5.73 Å². The summed E-state index contributed by atoms with van der Waals surface area (Å²) in [5.74, 6) is -0.624. The molecule has 0 aromatic heterocycles. The summed E-state index contributed by atoms with van der Waals surface area (Å²) < 4.78 is 12.9. The highest BCUT2D eigenvalue weighted by molar-refractivity contribution is 6.09. The molecule has 2 aromatic carbocycles. The topological polar surface area (TPSA) is 43.1 Å². The molecule has 0 atom stereocenters. The highest BCUT2D eigenvalue weighted by atomic mass is 19.1. The summed E-state index contributed by atoms with van der Waals surface area (Å²) in [6.07, 6.45) is 0. The zero-order valence-corrected chi connectivity index (χ0v) is 8.48. The summed E-state index contributed by atoms with van der Waals surface area (Å²) in [5.41, 5.74) is 6.95. The number of carbonyl (C=O) groups excluding carboxylic acids is 1. The molecule has 0 aliphatic rings. The van der Waals surface area contributed by atoms with E-state index in [2.05, 4.69) is 0 Å². The van der Waals surface area contributed by atoms with Crippen LogP contribution in [0.5, 0.6) is 0 Å². The molecule has 0 unspecified atom stereocenters. The predicted molar refractivity (Wildman–Crippen MR) is 60.7 cm³/mol. The molecular weight excluding hydrogens is 205 g/mol. The normalized spacial score (nSPS) is 10.1. The van der Waals surface area contributed by atoms with E-state index >= 15 is 0 Å². The van der Waals surface area contributed by atoms with Crippen molar-refractivity contribution < 1.29 is 9.18 Å². The Hall–Kier alpha value is -2.16. The van der Waals surface area contributed by atoms with Crippen molar-refractivity contribution in [3.8, 4) is 0 Å². The summed E-state index contributed by atoms with van der Waals surface area (Å²) in [7, 11) is 0. The Morgan fingerprint density at radius 1 is 1.00 bits per heavy atom. The van der Waals surface area contributed by atoms with Crippen LogP contribution in [-0.4, -0.2) is 5.78 Å². The van der Waals surface area contributed by atoms with Gasteiger partial charge in [-0.25, -0.2) is 4.39 Å². The van der Waals surface area contributed by atoms with Crippen molar-refractivity contribution >= 4 is 11.5 Å². The quantitative estimate of drug-likeness (QED) is 0.618. The van der Waals surface area contributed by atoms with Gasteiger partial charge in [-0.2, -0.15) is 0 Å². The number of hydrogen-bond acceptors (Lipinski definition) is 2. The predicted octanol–water partition coefficient (Wildman–Crippen LogP) is 2.64. The van der Waals surface area contributed by atoms with Crippen LogP contribution in [0.1, 0.15) is 15.9 Å². The van der Waals surface area contributed by atoms with E-state index in [-0.39, 0.29) is 5.78 Å². The Labute approximate surface area is 92.5 Å². The van der Waals surface area contributed by atoms with Gasteiger partial charge >= 0.3 is 0 Å². The smallest absolute Gasteiger partial charge is 0.193 e. The molecule has 0 heterocycles. The largest absolute Gasteiger partial charge is 0.399 e. The minimum absolute atomic E-state index is 0.209. The van der Waals surface area contributed by atoms with Gasteiger partial charge in [-0.05, 0) is 36.4 Å². The summed E-state index contributed by atoms with van der Waals surface area (Å²) >= 11 is 0. The number of carbonyl (C=O) groups is 1. The molecule has 0 spiro atoms. The number of anilines is 1. The molecule has 0 saturated carbocycles. The maximum Gasteiger partial charge on any atom is 0.193 e. The monoisotopic (exact) mass is 215 g/mol. The first-order chi connectivity index (χ1) is 7.66. The Bertz CT molecular complexity index is 520. The molecule has 3 heteroatoms. The lowest BCUT2D eigenvalue weighted by atomic mass is 10.0. The first kappa shape index (κ1) is 10.4. The highest BCUT2D eigenvalue weighted by Gasteiger charge is 2.08. The molecule has 0 aliphatic heterocycles. The van der Waals surface area contributed by atoms with E-state index in [1.54, 1.807) is 30.3 Å². The second kappa shape index (κ2) is 4.14. The minimum atomic E-state index is -0.415. The highest BCUT2D eigenvalue weighted by Crippen LogP contribution is 2.12. The van der Waals surface area contributed by atoms with Crippen LogP contribution >= 0.6 is 0 Å². The van der Waals surface area contributed by atoms with E-state index in [0.29, 0.717) is 16.8 Å². The minimum Gasteiger partial charge on any atom is -0.399 e. The summed E-state index contributed by atoms with van der Waals surface area (Å²) in [6.45, 7) is 0. The van der Waals surface area contributed by atoms with Gasteiger partial charge in [-0.3, -0.25) is 4.79 Å². The number of hydrogen-bond donors (Lipinski definition) is 1. The maximum absolute atomic E-state index is 12.9. The molecule has 16 heavy (non-hydrogen) atoms. The third kappa shape index (κ3) is 2.08. The molecule has 2 rings (SSSR count). The fourth-order valence-electron chi connectivity index (χ4n) is 1.43. The van der Waals surface area contributed by atoms with Gasteiger partial charge in [0.2, 0.25) is 0 Å². The van der Waals surface area contributed by atoms with Crippen molar-refractivity contribution in [2.45, 2.75) is 0 Å². The van der Waals surface area contributed by atoms with Gasteiger partial charge in [-0.1, -0.05) is 12.1 Å². The van der Waals surface area contributed by atoms with Crippen LogP contribution in [0, 0.1) is 5.82 Å². The van der Waals surface area contributed by atoms with Crippen LogP contribution in [0.4, 0.5) is 10.1 Å². The van der Waals surface area contributed by atoms with Crippen LogP contribution < -0.4 is 5.73 Å². The summed E-state index contributed by atoms with van der Waals surface area (Å²) in [5, 5.41) is 0. The van der Waals surface area contributed by atoms with Gasteiger partial charge in [0.25, 0.3) is 0 Å². The van der Waals surface area contributed by atoms with Crippen molar-refractivity contribution in [1.82, 2.24) is 0 Å². The molecule has 0 fully saturated rings. The summed E-state index contributed by atoms with van der Waals surface area (Å²) in [6, 6.07) is 12.2. The molecular formula is C13H10FNO. The third-order valence-corrected chi connectivity index (χ3v) is 2.26. The van der Waals surface area contributed by atoms with Crippen molar-refractivity contribution in [1.29, 1.82) is 0 Å². The second-order valence-electron chi connectivity index (χ2n) is 3.46. The Morgan fingerprint density at radius 2 is 1.69 bits per heavy atom. The molecule has 0 amide bonds. The molecule has 80 valence electrons. The van der Waals surface area contributed by atoms with E-state index < -0.39 is 5.82 Å². The number of nitrogen functional groups attached to an aromatic ring is 1. The van der Waals surface area contributed by atoms with Crippen LogP contribution in [0.25, 0.3) is 0 Å². The number of rotatable bonds is 2. The number of ketones is 1.